The number of aromatic nitrogens is 1. The molecule has 0 aliphatic heterocycles. The van der Waals surface area contributed by atoms with Gasteiger partial charge in [0, 0.05) is 36.4 Å². The average molecular weight is 1120 g/mol. The molecule has 0 unspecified atom stereocenters. The van der Waals surface area contributed by atoms with Crippen LogP contribution in [0.1, 0.15) is 119 Å². The van der Waals surface area contributed by atoms with Crippen LogP contribution in [0.5, 0.6) is 0 Å². The summed E-state index contributed by atoms with van der Waals surface area (Å²) in [5.74, 6) is -16.1. The molecular weight excluding hydrogens is 1040 g/mol. The highest BCUT2D eigenvalue weighted by atomic mass is 16.4. The zero-order valence-electron chi connectivity index (χ0n) is 45.9. The molecule has 1 aromatic carbocycles. The minimum Gasteiger partial charge on any atom is -0.481 e. The van der Waals surface area contributed by atoms with E-state index in [4.69, 9.17) is 5.73 Å². The van der Waals surface area contributed by atoms with Gasteiger partial charge in [0.15, 0.2) is 0 Å². The SMILES string of the molecule is CC[C@H](C)[C@H](NC(=O)[C@H](CCC(=O)O)NC(=O)[C@H](CC(=O)O)NC(=O)[C@H](CC(C)C)NC(=O)[C@H](CCC(=O)O)NC(=O)[C@@H](NC(=O)[C@H](Cc1c[nH]c2ccccc12)NC(=O)[C@@H](NC(=O)[C@@H](N)CO)[C@@H](C)CC)[C@@H](C)CC)C(=O)O. The van der Waals surface area contributed by atoms with E-state index in [-0.39, 0.29) is 19.3 Å². The number of hydrogen-bond acceptors (Lipinski definition) is 14. The number of nitrogens with one attached hydrogen (secondary N) is 9. The number of aromatic amines is 1. The largest absolute Gasteiger partial charge is 0.481 e. The molecule has 0 saturated carbocycles. The number of amides is 8. The van der Waals surface area contributed by atoms with Gasteiger partial charge in [-0.25, -0.2) is 4.79 Å². The summed E-state index contributed by atoms with van der Waals surface area (Å²) in [5.41, 5.74) is 7.03. The van der Waals surface area contributed by atoms with Gasteiger partial charge in [-0.1, -0.05) is 92.9 Å². The van der Waals surface area contributed by atoms with E-state index in [9.17, 15) is 83.1 Å². The molecule has 79 heavy (non-hydrogen) atoms. The predicted molar refractivity (Wildman–Crippen MR) is 284 cm³/mol. The fraction of sp³-hybridized carbons (Fsp3) is 0.615. The first-order chi connectivity index (χ1) is 37.1. The highest BCUT2D eigenvalue weighted by molar-refractivity contribution is 5.99. The van der Waals surface area contributed by atoms with Gasteiger partial charge < -0.3 is 78.8 Å². The molecule has 0 fully saturated rings. The maximum Gasteiger partial charge on any atom is 0.326 e. The van der Waals surface area contributed by atoms with Crippen LogP contribution in [0.3, 0.4) is 0 Å². The second kappa shape index (κ2) is 32.9. The number of aliphatic hydroxyl groups excluding tert-OH is 1. The second-order valence-corrected chi connectivity index (χ2v) is 20.2. The Morgan fingerprint density at radius 3 is 1.39 bits per heavy atom. The normalized spacial score (nSPS) is 15.8. The van der Waals surface area contributed by atoms with Crippen molar-refractivity contribution in [3.8, 4) is 0 Å². The zero-order valence-corrected chi connectivity index (χ0v) is 45.9. The fourth-order valence-corrected chi connectivity index (χ4v) is 8.17. The molecular formula is C52H80N10O17. The standard InChI is InChI=1S/C52H80N10O17/c1-9-26(6)41(60-44(70)31(53)24-63)51(77)59-36(21-29-23-54-32-15-13-12-14-30(29)32)49(75)61-42(27(7)10-2)50(76)56-33(16-18-38(64)65)45(71)57-35(20-25(4)5)47(73)58-37(22-40(68)69)48(74)55-34(17-19-39(66)67)46(72)62-43(52(78)79)28(8)11-3/h12-15,23,25-28,31,33-37,41-43,54,63H,9-11,16-22,24,53H2,1-8H3,(H,55,74)(H,56,76)(H,57,71)(H,58,73)(H,59,77)(H,60,70)(H,61,75)(H,62,72)(H,64,65)(H,66,67)(H,68,69)(H,78,79)/t26-,27-,28-,31-,33-,34-,35-,36-,37-,41-,42-,43-/m0/s1. The van der Waals surface area contributed by atoms with Gasteiger partial charge in [0.2, 0.25) is 47.3 Å². The van der Waals surface area contributed by atoms with E-state index in [0.29, 0.717) is 29.3 Å². The second-order valence-electron chi connectivity index (χ2n) is 20.2. The topological polar surface area (TPSA) is 444 Å². The Morgan fingerprint density at radius 1 is 0.506 bits per heavy atom. The molecule has 8 amide bonds. The van der Waals surface area contributed by atoms with Crippen molar-refractivity contribution < 1.29 is 83.1 Å². The lowest BCUT2D eigenvalue weighted by atomic mass is 9.95. The average Bonchev–Trinajstić information content (AvgIpc) is 3.80. The number of hydrogen-bond donors (Lipinski definition) is 15. The fourth-order valence-electron chi connectivity index (χ4n) is 8.17. The number of aliphatic hydroxyl groups is 1. The third-order valence-electron chi connectivity index (χ3n) is 13.5. The first-order valence-electron chi connectivity index (χ1n) is 26.3. The van der Waals surface area contributed by atoms with E-state index in [1.54, 1.807) is 78.9 Å². The smallest absolute Gasteiger partial charge is 0.326 e. The first-order valence-corrected chi connectivity index (χ1v) is 26.3. The van der Waals surface area contributed by atoms with Crippen LogP contribution >= 0.6 is 0 Å². The molecule has 1 aromatic heterocycles. The number of carboxylic acids is 4. The molecule has 0 aliphatic carbocycles. The maximum atomic E-state index is 14.5. The Hall–Kier alpha value is -7.68. The van der Waals surface area contributed by atoms with E-state index < -0.39 is 188 Å². The van der Waals surface area contributed by atoms with Gasteiger partial charge >= 0.3 is 23.9 Å². The van der Waals surface area contributed by atoms with Gasteiger partial charge in [-0.15, -0.1) is 0 Å². The van der Waals surface area contributed by atoms with Crippen LogP contribution in [0.2, 0.25) is 0 Å². The van der Waals surface area contributed by atoms with Crippen LogP contribution in [0.15, 0.2) is 30.5 Å². The Bertz CT molecular complexity index is 2470. The minimum absolute atomic E-state index is 0.141. The Labute approximate surface area is 457 Å². The summed E-state index contributed by atoms with van der Waals surface area (Å²) in [6.45, 7) is 12.5. The Kier molecular flexibility index (Phi) is 28.1. The molecule has 0 aliphatic rings. The van der Waals surface area contributed by atoms with Crippen LogP contribution < -0.4 is 48.3 Å². The van der Waals surface area contributed by atoms with Crippen molar-refractivity contribution in [3.63, 3.8) is 0 Å². The molecule has 0 bridgehead atoms. The quantitative estimate of drug-likeness (QED) is 0.0404. The molecule has 0 spiro atoms. The number of nitrogens with two attached hydrogens (primary N) is 1. The van der Waals surface area contributed by atoms with Crippen LogP contribution in [-0.4, -0.2) is 163 Å². The van der Waals surface area contributed by atoms with Gasteiger partial charge in [-0.05, 0) is 54.6 Å². The lowest BCUT2D eigenvalue weighted by molar-refractivity contribution is -0.145. The summed E-state index contributed by atoms with van der Waals surface area (Å²) in [6.07, 6.45) is -1.36. The van der Waals surface area contributed by atoms with Crippen LogP contribution in [0.25, 0.3) is 10.9 Å². The summed E-state index contributed by atoms with van der Waals surface area (Å²) < 4.78 is 0. The van der Waals surface area contributed by atoms with Crippen molar-refractivity contribution in [1.29, 1.82) is 0 Å². The van der Waals surface area contributed by atoms with Crippen molar-refractivity contribution in [2.75, 3.05) is 6.61 Å². The Morgan fingerprint density at radius 2 is 0.911 bits per heavy atom. The summed E-state index contributed by atoms with van der Waals surface area (Å²) in [6, 6.07) is -6.78. The number of H-pyrrole nitrogens is 1. The van der Waals surface area contributed by atoms with Gasteiger partial charge in [-0.2, -0.15) is 0 Å². The third kappa shape index (κ3) is 21.9. The van der Waals surface area contributed by atoms with Crippen molar-refractivity contribution in [2.45, 2.75) is 174 Å². The van der Waals surface area contributed by atoms with E-state index in [0.717, 1.165) is 0 Å². The van der Waals surface area contributed by atoms with Crippen LogP contribution in [-0.2, 0) is 64.0 Å². The van der Waals surface area contributed by atoms with Crippen molar-refractivity contribution >= 4 is 82.0 Å². The number of fused-ring (bicyclic) bond motifs is 1. The Balaban J connectivity index is 2.54. The van der Waals surface area contributed by atoms with Gasteiger partial charge in [0.1, 0.15) is 54.4 Å². The molecule has 27 heteroatoms. The van der Waals surface area contributed by atoms with Gasteiger partial charge in [0.05, 0.1) is 13.0 Å². The number of benzene rings is 1. The monoisotopic (exact) mass is 1120 g/mol. The van der Waals surface area contributed by atoms with Crippen LogP contribution in [0, 0.1) is 23.7 Å². The molecule has 27 nitrogen and oxygen atoms in total. The highest BCUT2D eigenvalue weighted by Crippen LogP contribution is 2.21. The minimum atomic E-state index is -1.97. The van der Waals surface area contributed by atoms with Gasteiger partial charge in [-0.3, -0.25) is 52.7 Å². The van der Waals surface area contributed by atoms with Crippen molar-refractivity contribution in [3.05, 3.63) is 36.0 Å². The molecule has 2 rings (SSSR count). The van der Waals surface area contributed by atoms with Gasteiger partial charge in [0.25, 0.3) is 0 Å². The highest BCUT2D eigenvalue weighted by Gasteiger charge is 2.38. The lowest BCUT2D eigenvalue weighted by Gasteiger charge is -2.30. The molecule has 0 saturated heterocycles. The van der Waals surface area contributed by atoms with E-state index >= 15 is 0 Å². The number of carboxylic acid groups (broad SMARTS) is 4. The number of para-hydroxylation sites is 1. The summed E-state index contributed by atoms with van der Waals surface area (Å²) in [5, 5.41) is 68.3. The number of aliphatic carboxylic acids is 4. The summed E-state index contributed by atoms with van der Waals surface area (Å²) in [4.78, 5) is 162. The third-order valence-corrected chi connectivity index (χ3v) is 13.5. The molecule has 0 radical (unpaired) electrons. The summed E-state index contributed by atoms with van der Waals surface area (Å²) in [7, 11) is 0. The number of carbonyl (C=O) groups is 12. The number of carbonyl (C=O) groups excluding carboxylic acids is 8. The zero-order chi connectivity index (χ0) is 59.8. The molecule has 440 valence electrons. The lowest BCUT2D eigenvalue weighted by Crippen LogP contribution is -2.62. The number of rotatable bonds is 36. The van der Waals surface area contributed by atoms with E-state index in [1.807, 2.05) is 0 Å². The molecule has 16 N–H and O–H groups in total. The van der Waals surface area contributed by atoms with Crippen molar-refractivity contribution in [1.82, 2.24) is 47.5 Å². The van der Waals surface area contributed by atoms with Crippen LogP contribution in [0.4, 0.5) is 0 Å². The van der Waals surface area contributed by atoms with Crippen molar-refractivity contribution in [2.24, 2.45) is 29.4 Å². The molecule has 12 atom stereocenters. The first kappa shape index (κ1) is 67.4. The van der Waals surface area contributed by atoms with E-state index in [2.05, 4.69) is 47.5 Å². The van der Waals surface area contributed by atoms with E-state index in [1.165, 1.54) is 6.92 Å². The predicted octanol–water partition coefficient (Wildman–Crippen LogP) is -0.618. The molecule has 2 aromatic rings. The molecule has 1 heterocycles. The maximum absolute atomic E-state index is 14.5. The summed E-state index contributed by atoms with van der Waals surface area (Å²) >= 11 is 0.